The van der Waals surface area contributed by atoms with Crippen LogP contribution < -0.4 is 11.1 Å². The van der Waals surface area contributed by atoms with Crippen LogP contribution in [0.4, 0.5) is 4.79 Å². The van der Waals surface area contributed by atoms with Gasteiger partial charge in [0.05, 0.1) is 4.97 Å². The van der Waals surface area contributed by atoms with Crippen LogP contribution in [0.25, 0.3) is 0 Å². The van der Waals surface area contributed by atoms with E-state index in [4.69, 9.17) is 20.2 Å². The van der Waals surface area contributed by atoms with Gasteiger partial charge in [-0.2, -0.15) is 0 Å². The molecule has 7 heteroatoms. The van der Waals surface area contributed by atoms with Gasteiger partial charge in [-0.3, -0.25) is 0 Å². The van der Waals surface area contributed by atoms with E-state index in [-0.39, 0.29) is 4.97 Å². The van der Waals surface area contributed by atoms with Crippen molar-refractivity contribution in [3.8, 4) is 0 Å². The maximum Gasteiger partial charge on any atom is 0.312 e. The minimum atomic E-state index is -0.546. The fourth-order valence-corrected chi connectivity index (χ4v) is 0.982. The molecule has 0 heterocycles. The Morgan fingerprint density at radius 1 is 1.29 bits per heavy atom. The number of hydrogen-bond acceptors (Lipinski definition) is 4. The maximum absolute atomic E-state index is 10.3. The molecule has 0 atom stereocenters. The predicted molar refractivity (Wildman–Crippen MR) is 48.4 cm³/mol. The molecule has 0 aliphatic rings. The Labute approximate surface area is 83.2 Å². The summed E-state index contributed by atoms with van der Waals surface area (Å²) >= 11 is 0. The monoisotopic (exact) mass is 208 g/mol. The summed E-state index contributed by atoms with van der Waals surface area (Å²) in [5, 5.41) is 2.45. The Morgan fingerprint density at radius 2 is 1.79 bits per heavy atom. The molecular weight excluding hydrogens is 190 g/mol. The first-order chi connectivity index (χ1) is 6.60. The van der Waals surface area contributed by atoms with Crippen molar-refractivity contribution in [1.82, 2.24) is 5.32 Å². The van der Waals surface area contributed by atoms with Crippen LogP contribution in [0.2, 0.25) is 0 Å². The largest absolute Gasteiger partial charge is 0.352 e. The lowest BCUT2D eigenvalue weighted by Crippen LogP contribution is -2.46. The molecule has 0 unspecified atom stereocenters. The van der Waals surface area contributed by atoms with Gasteiger partial charge in [-0.05, 0) is 0 Å². The molecule has 0 aromatic carbocycles. The van der Waals surface area contributed by atoms with E-state index in [0.717, 1.165) is 0 Å². The summed E-state index contributed by atoms with van der Waals surface area (Å²) in [5.41, 5.74) is 4.89. The highest BCUT2D eigenvalue weighted by Gasteiger charge is 2.29. The molecule has 14 heavy (non-hydrogen) atoms. The van der Waals surface area contributed by atoms with Crippen molar-refractivity contribution in [2.75, 3.05) is 34.4 Å². The van der Waals surface area contributed by atoms with Crippen molar-refractivity contribution in [3.63, 3.8) is 0 Å². The fraction of sp³-hybridized carbons (Fsp3) is 0.857. The van der Waals surface area contributed by atoms with Crippen LogP contribution in [0.15, 0.2) is 0 Å². The van der Waals surface area contributed by atoms with Gasteiger partial charge in [-0.25, -0.2) is 4.79 Å². The molecule has 0 spiro atoms. The molecule has 0 saturated heterocycles. The Morgan fingerprint density at radius 3 is 2.14 bits per heavy atom. The molecule has 3 N–H and O–H groups in total. The molecule has 0 saturated carbocycles. The molecule has 2 amide bonds. The van der Waals surface area contributed by atoms with Crippen LogP contribution in [-0.2, 0) is 14.5 Å². The van der Waals surface area contributed by atoms with E-state index < -0.39 is 6.03 Å². The highest BCUT2D eigenvalue weighted by Crippen LogP contribution is 2.08. The molecule has 0 bridgehead atoms. The number of carbonyl (C=O) groups excluding carboxylic acids is 1. The number of nitrogens with zero attached hydrogens (tertiary/aromatic N) is 1. The number of urea groups is 1. The van der Waals surface area contributed by atoms with Gasteiger partial charge in [-0.15, -0.1) is 14.5 Å². The van der Waals surface area contributed by atoms with Gasteiger partial charge in [-0.1, -0.05) is 0 Å². The average molecular weight is 208 g/mol. The quantitative estimate of drug-likeness (QED) is 0.337. The van der Waals surface area contributed by atoms with Crippen molar-refractivity contribution < 1.29 is 24.3 Å². The van der Waals surface area contributed by atoms with Crippen LogP contribution >= 0.6 is 0 Å². The molecule has 7 nitrogen and oxygen atoms in total. The second-order valence-corrected chi connectivity index (χ2v) is 2.53. The Bertz CT molecular complexity index is 164. The molecule has 0 aliphatic carbocycles. The van der Waals surface area contributed by atoms with Crippen molar-refractivity contribution in [1.29, 1.82) is 0 Å². The number of quaternary nitrogens is 1. The third kappa shape index (κ3) is 4.38. The van der Waals surface area contributed by atoms with Crippen molar-refractivity contribution >= 4 is 6.03 Å². The number of hydroxylamine groups is 3. The number of primary amides is 1. The normalized spacial score (nSPS) is 11.4. The molecular formula is C7H18N3O4+. The lowest BCUT2D eigenvalue weighted by molar-refractivity contribution is -1.36. The number of nitrogens with one attached hydrogen (secondary N) is 1. The first-order valence-corrected chi connectivity index (χ1v) is 4.19. The van der Waals surface area contributed by atoms with Crippen molar-refractivity contribution in [2.24, 2.45) is 5.73 Å². The second kappa shape index (κ2) is 6.55. The SMILES string of the molecule is CO[N+](CCCNC(N)=O)(OC)OC. The molecule has 0 aliphatic heterocycles. The zero-order chi connectivity index (χ0) is 11.0. The Kier molecular flexibility index (Phi) is 6.13. The number of nitrogens with two attached hydrogens (primary N) is 1. The van der Waals surface area contributed by atoms with Gasteiger partial charge < -0.3 is 11.1 Å². The van der Waals surface area contributed by atoms with E-state index in [1.165, 1.54) is 21.3 Å². The lowest BCUT2D eigenvalue weighted by atomic mass is 10.4. The standard InChI is InChI=1S/C7H17N3O4/c1-12-10(13-2,14-3)6-4-5-9-7(8)11/h4-6H2,1-3H3,(H2-,8,9,11)/p+1. The van der Waals surface area contributed by atoms with E-state index in [1.54, 1.807) is 0 Å². The van der Waals surface area contributed by atoms with E-state index >= 15 is 0 Å². The lowest BCUT2D eigenvalue weighted by Gasteiger charge is -2.24. The number of hydrogen-bond donors (Lipinski definition) is 2. The Hall–Kier alpha value is -0.890. The van der Waals surface area contributed by atoms with Crippen LogP contribution in [0.3, 0.4) is 0 Å². The summed E-state index contributed by atoms with van der Waals surface area (Å²) in [6.45, 7) is 0.898. The van der Waals surface area contributed by atoms with Gasteiger partial charge in [0.15, 0.2) is 6.54 Å². The van der Waals surface area contributed by atoms with E-state index in [9.17, 15) is 4.79 Å². The first-order valence-electron chi connectivity index (χ1n) is 4.19. The first kappa shape index (κ1) is 13.1. The number of carbonyl (C=O) groups is 1. The highest BCUT2D eigenvalue weighted by molar-refractivity contribution is 5.71. The van der Waals surface area contributed by atoms with Crippen LogP contribution in [0.5, 0.6) is 0 Å². The van der Waals surface area contributed by atoms with Crippen molar-refractivity contribution in [2.45, 2.75) is 6.42 Å². The maximum atomic E-state index is 10.3. The second-order valence-electron chi connectivity index (χ2n) is 2.53. The zero-order valence-corrected chi connectivity index (χ0v) is 8.78. The topological polar surface area (TPSA) is 82.8 Å². The van der Waals surface area contributed by atoms with Crippen molar-refractivity contribution in [3.05, 3.63) is 0 Å². The number of amides is 2. The predicted octanol–water partition coefficient (Wildman–Crippen LogP) is -0.454. The van der Waals surface area contributed by atoms with Gasteiger partial charge in [0, 0.05) is 13.0 Å². The van der Waals surface area contributed by atoms with E-state index in [1.807, 2.05) is 0 Å². The summed E-state index contributed by atoms with van der Waals surface area (Å²) in [5.74, 6) is 0. The van der Waals surface area contributed by atoms with Crippen LogP contribution in [0, 0.1) is 0 Å². The smallest absolute Gasteiger partial charge is 0.312 e. The Balaban J connectivity index is 3.77. The summed E-state index contributed by atoms with van der Waals surface area (Å²) in [6.07, 6.45) is 0.623. The van der Waals surface area contributed by atoms with Gasteiger partial charge >= 0.3 is 6.03 Å². The molecule has 0 aromatic heterocycles. The van der Waals surface area contributed by atoms with Gasteiger partial charge in [0.1, 0.15) is 21.3 Å². The molecule has 84 valence electrons. The average Bonchev–Trinajstić information content (AvgIpc) is 2.19. The summed E-state index contributed by atoms with van der Waals surface area (Å²) < 4.78 is 0. The molecule has 0 rings (SSSR count). The summed E-state index contributed by atoms with van der Waals surface area (Å²) in [6, 6.07) is -0.546. The van der Waals surface area contributed by atoms with Crippen LogP contribution in [-0.4, -0.2) is 45.4 Å². The van der Waals surface area contributed by atoms with Gasteiger partial charge in [0.25, 0.3) is 0 Å². The van der Waals surface area contributed by atoms with E-state index in [2.05, 4.69) is 5.32 Å². The third-order valence-corrected chi connectivity index (χ3v) is 1.74. The molecule has 0 fully saturated rings. The summed E-state index contributed by atoms with van der Waals surface area (Å²) in [4.78, 5) is 24.9. The minimum Gasteiger partial charge on any atom is -0.352 e. The third-order valence-electron chi connectivity index (χ3n) is 1.74. The number of rotatable bonds is 7. The van der Waals surface area contributed by atoms with Crippen LogP contribution in [0.1, 0.15) is 6.42 Å². The summed E-state index contributed by atoms with van der Waals surface area (Å²) in [7, 11) is 4.40. The molecule has 0 aromatic rings. The molecule has 0 radical (unpaired) electrons. The van der Waals surface area contributed by atoms with E-state index in [0.29, 0.717) is 19.5 Å². The minimum absolute atomic E-state index is 0.375. The van der Waals surface area contributed by atoms with Gasteiger partial charge in [0.2, 0.25) is 0 Å². The highest BCUT2D eigenvalue weighted by atomic mass is 17.2. The fourth-order valence-electron chi connectivity index (χ4n) is 0.982. The zero-order valence-electron chi connectivity index (χ0n) is 8.78.